The zero-order valence-corrected chi connectivity index (χ0v) is 17.5. The first-order chi connectivity index (χ1) is 14.4. The normalized spacial score (nSPS) is 21.6. The minimum atomic E-state index is -0.762. The van der Waals surface area contributed by atoms with Crippen molar-refractivity contribution in [3.05, 3.63) is 41.3 Å². The molecule has 4 rings (SSSR count). The van der Waals surface area contributed by atoms with Gasteiger partial charge in [0.05, 0.1) is 11.3 Å². The Morgan fingerprint density at radius 2 is 1.93 bits per heavy atom. The lowest BCUT2D eigenvalue weighted by Crippen LogP contribution is -2.51. The topological polar surface area (TPSA) is 91.8 Å². The third kappa shape index (κ3) is 3.76. The summed E-state index contributed by atoms with van der Waals surface area (Å²) in [6, 6.07) is 2.73. The Hall–Kier alpha value is -2.61. The predicted octanol–water partition coefficient (Wildman–Crippen LogP) is 3.72. The van der Waals surface area contributed by atoms with Gasteiger partial charge >= 0.3 is 12.1 Å². The number of hydrogen-bond acceptors (Lipinski definition) is 5. The minimum absolute atomic E-state index is 0.0392. The van der Waals surface area contributed by atoms with E-state index in [2.05, 4.69) is 16.9 Å². The Bertz CT molecular complexity index is 876. The van der Waals surface area contributed by atoms with E-state index in [-0.39, 0.29) is 22.9 Å². The first-order valence-electron chi connectivity index (χ1n) is 10.3. The third-order valence-corrected chi connectivity index (χ3v) is 6.62. The van der Waals surface area contributed by atoms with Gasteiger partial charge in [-0.05, 0) is 25.0 Å². The molecule has 0 radical (unpaired) electrons. The van der Waals surface area contributed by atoms with Gasteiger partial charge in [-0.3, -0.25) is 15.0 Å². The monoisotopic (exact) mass is 432 g/mol. The standard InChI is InChI=1S/C21H25ClN4O4/c1-14-21(30-20(29)26(14)15-6-3-2-4-7-15)9-12-25(13-10-21)19(28)24-18(27)16-8-5-11-23-17(16)22/h5,8,11,15H,1-4,6-7,9-10,12-13H2,(H,24,27,28). The maximum Gasteiger partial charge on any atom is 0.415 e. The molecule has 2 aliphatic heterocycles. The molecular weight excluding hydrogens is 408 g/mol. The number of rotatable bonds is 2. The molecule has 0 unspecified atom stereocenters. The van der Waals surface area contributed by atoms with Crippen LogP contribution in [-0.4, -0.2) is 57.5 Å². The Morgan fingerprint density at radius 3 is 2.60 bits per heavy atom. The van der Waals surface area contributed by atoms with Gasteiger partial charge in [-0.25, -0.2) is 14.6 Å². The molecule has 9 heteroatoms. The van der Waals surface area contributed by atoms with Crippen LogP contribution in [-0.2, 0) is 4.74 Å². The lowest BCUT2D eigenvalue weighted by molar-refractivity contribution is 0.0234. The third-order valence-electron chi connectivity index (χ3n) is 6.32. The molecule has 160 valence electrons. The second-order valence-corrected chi connectivity index (χ2v) is 8.42. The number of halogens is 1. The van der Waals surface area contributed by atoms with Crippen LogP contribution < -0.4 is 5.32 Å². The number of nitrogens with one attached hydrogen (secondary N) is 1. The van der Waals surface area contributed by atoms with E-state index in [1.165, 1.54) is 23.6 Å². The van der Waals surface area contributed by atoms with E-state index >= 15 is 0 Å². The Morgan fingerprint density at radius 1 is 1.23 bits per heavy atom. The van der Waals surface area contributed by atoms with Crippen LogP contribution in [0.3, 0.4) is 0 Å². The van der Waals surface area contributed by atoms with Gasteiger partial charge in [0.1, 0.15) is 5.15 Å². The zero-order chi connectivity index (χ0) is 21.3. The Balaban J connectivity index is 1.37. The molecule has 1 N–H and O–H groups in total. The van der Waals surface area contributed by atoms with Crippen molar-refractivity contribution in [3.8, 4) is 0 Å². The summed E-state index contributed by atoms with van der Waals surface area (Å²) in [5, 5.41) is 2.39. The van der Waals surface area contributed by atoms with E-state index in [0.717, 1.165) is 25.7 Å². The number of hydrogen-bond donors (Lipinski definition) is 1. The lowest BCUT2D eigenvalue weighted by atomic mass is 9.87. The molecule has 2 saturated heterocycles. The average Bonchev–Trinajstić information content (AvgIpc) is 2.98. The highest BCUT2D eigenvalue weighted by atomic mass is 35.5. The van der Waals surface area contributed by atoms with Crippen molar-refractivity contribution in [2.45, 2.75) is 56.6 Å². The fourth-order valence-electron chi connectivity index (χ4n) is 4.57. The molecule has 3 fully saturated rings. The molecule has 0 aromatic carbocycles. The molecule has 3 heterocycles. The average molecular weight is 433 g/mol. The van der Waals surface area contributed by atoms with E-state index in [9.17, 15) is 14.4 Å². The molecule has 1 spiro atoms. The first-order valence-corrected chi connectivity index (χ1v) is 10.7. The molecule has 4 amide bonds. The zero-order valence-electron chi connectivity index (χ0n) is 16.7. The number of carbonyl (C=O) groups is 3. The van der Waals surface area contributed by atoms with Crippen molar-refractivity contribution in [2.75, 3.05) is 13.1 Å². The number of pyridine rings is 1. The summed E-state index contributed by atoms with van der Waals surface area (Å²) in [7, 11) is 0. The van der Waals surface area contributed by atoms with E-state index < -0.39 is 17.5 Å². The van der Waals surface area contributed by atoms with Crippen molar-refractivity contribution in [3.63, 3.8) is 0 Å². The molecule has 0 atom stereocenters. The van der Waals surface area contributed by atoms with Gasteiger partial charge in [-0.2, -0.15) is 0 Å². The number of nitrogens with zero attached hydrogens (tertiary/aromatic N) is 3. The van der Waals surface area contributed by atoms with E-state index in [0.29, 0.717) is 31.6 Å². The quantitative estimate of drug-likeness (QED) is 0.719. The van der Waals surface area contributed by atoms with Gasteiger partial charge in [0.15, 0.2) is 5.60 Å². The van der Waals surface area contributed by atoms with Gasteiger partial charge in [0.25, 0.3) is 5.91 Å². The van der Waals surface area contributed by atoms with E-state index in [4.69, 9.17) is 16.3 Å². The molecule has 1 aromatic heterocycles. The predicted molar refractivity (Wildman–Crippen MR) is 110 cm³/mol. The highest BCUT2D eigenvalue weighted by Crippen LogP contribution is 2.43. The van der Waals surface area contributed by atoms with Gasteiger partial charge in [0, 0.05) is 38.2 Å². The van der Waals surface area contributed by atoms with Crippen molar-refractivity contribution in [1.82, 2.24) is 20.1 Å². The summed E-state index contributed by atoms with van der Waals surface area (Å²) >= 11 is 5.92. The van der Waals surface area contributed by atoms with Crippen molar-refractivity contribution < 1.29 is 19.1 Å². The van der Waals surface area contributed by atoms with Gasteiger partial charge < -0.3 is 9.64 Å². The summed E-state index contributed by atoms with van der Waals surface area (Å²) in [6.45, 7) is 4.89. The molecule has 30 heavy (non-hydrogen) atoms. The summed E-state index contributed by atoms with van der Waals surface area (Å²) < 4.78 is 5.80. The highest BCUT2D eigenvalue weighted by Gasteiger charge is 2.52. The van der Waals surface area contributed by atoms with E-state index in [1.807, 2.05) is 0 Å². The second-order valence-electron chi connectivity index (χ2n) is 8.06. The summed E-state index contributed by atoms with van der Waals surface area (Å²) in [5.74, 6) is -0.599. The summed E-state index contributed by atoms with van der Waals surface area (Å²) in [4.78, 5) is 44.6. The maximum absolute atomic E-state index is 12.6. The molecule has 1 aliphatic carbocycles. The van der Waals surface area contributed by atoms with Crippen LogP contribution in [0.5, 0.6) is 0 Å². The van der Waals surface area contributed by atoms with Crippen LogP contribution in [0.15, 0.2) is 30.6 Å². The molecule has 0 bridgehead atoms. The smallest absolute Gasteiger partial charge is 0.415 e. The maximum atomic E-state index is 12.6. The molecule has 8 nitrogen and oxygen atoms in total. The van der Waals surface area contributed by atoms with Crippen LogP contribution in [0, 0.1) is 0 Å². The van der Waals surface area contributed by atoms with Crippen LogP contribution in [0.4, 0.5) is 9.59 Å². The number of imide groups is 1. The van der Waals surface area contributed by atoms with E-state index in [1.54, 1.807) is 11.0 Å². The first kappa shape index (κ1) is 20.7. The Labute approximate surface area is 180 Å². The summed E-state index contributed by atoms with van der Waals surface area (Å²) in [6.07, 6.45) is 7.41. The van der Waals surface area contributed by atoms with Gasteiger partial charge in [-0.15, -0.1) is 0 Å². The van der Waals surface area contributed by atoms with Crippen molar-refractivity contribution in [1.29, 1.82) is 0 Å². The number of piperidine rings is 1. The fourth-order valence-corrected chi connectivity index (χ4v) is 4.78. The van der Waals surface area contributed by atoms with Crippen molar-refractivity contribution in [2.24, 2.45) is 0 Å². The number of amides is 4. The molecular formula is C21H25ClN4O4. The number of likely N-dealkylation sites (tertiary alicyclic amines) is 1. The molecule has 1 aromatic rings. The van der Waals surface area contributed by atoms with Crippen LogP contribution in [0.1, 0.15) is 55.3 Å². The van der Waals surface area contributed by atoms with Gasteiger partial charge in [0.2, 0.25) is 0 Å². The second kappa shape index (κ2) is 8.26. The Kier molecular flexibility index (Phi) is 5.69. The number of urea groups is 1. The minimum Gasteiger partial charge on any atom is -0.436 e. The number of aromatic nitrogens is 1. The number of ether oxygens (including phenoxy) is 1. The van der Waals surface area contributed by atoms with Crippen LogP contribution >= 0.6 is 11.6 Å². The van der Waals surface area contributed by atoms with Crippen molar-refractivity contribution >= 4 is 29.6 Å². The summed E-state index contributed by atoms with van der Waals surface area (Å²) in [5.41, 5.74) is 0.0852. The highest BCUT2D eigenvalue weighted by molar-refractivity contribution is 6.33. The van der Waals surface area contributed by atoms with Gasteiger partial charge in [-0.1, -0.05) is 37.4 Å². The lowest BCUT2D eigenvalue weighted by Gasteiger charge is -2.39. The SMILES string of the molecule is C=C1N(C2CCCCC2)C(=O)OC12CCN(C(=O)NC(=O)c1cccnc1Cl)CC2. The number of carbonyl (C=O) groups excluding carboxylic acids is 3. The fraction of sp³-hybridized carbons (Fsp3) is 0.524. The van der Waals surface area contributed by atoms with Crippen LogP contribution in [0.2, 0.25) is 5.15 Å². The molecule has 3 aliphatic rings. The van der Waals surface area contributed by atoms with Crippen LogP contribution in [0.25, 0.3) is 0 Å². The largest absolute Gasteiger partial charge is 0.436 e. The molecule has 1 saturated carbocycles.